The fourth-order valence-corrected chi connectivity index (χ4v) is 2.12. The smallest absolute Gasteiger partial charge is 0.129 e. The molecule has 1 aromatic carbocycles. The Morgan fingerprint density at radius 3 is 2.90 bits per heavy atom. The first-order chi connectivity index (χ1) is 9.54. The van der Waals surface area contributed by atoms with Crippen LogP contribution in [0, 0.1) is 11.6 Å². The summed E-state index contributed by atoms with van der Waals surface area (Å²) in [5.74, 6) is -1.35. The molecule has 0 amide bonds. The number of halogens is 3. The molecule has 2 aromatic rings. The molecule has 0 saturated heterocycles. The van der Waals surface area contributed by atoms with Gasteiger partial charge in [-0.1, -0.05) is 11.6 Å². The molecule has 7 heteroatoms. The van der Waals surface area contributed by atoms with E-state index in [0.29, 0.717) is 13.2 Å². The van der Waals surface area contributed by atoms with Crippen molar-refractivity contribution in [3.63, 3.8) is 0 Å². The Kier molecular flexibility index (Phi) is 4.69. The molecule has 0 fully saturated rings. The van der Waals surface area contributed by atoms with E-state index in [4.69, 9.17) is 16.3 Å². The van der Waals surface area contributed by atoms with E-state index in [1.807, 2.05) is 0 Å². The van der Waals surface area contributed by atoms with Gasteiger partial charge < -0.3 is 9.84 Å². The van der Waals surface area contributed by atoms with E-state index in [-0.39, 0.29) is 16.3 Å². The van der Waals surface area contributed by atoms with Crippen LogP contribution in [0.15, 0.2) is 24.4 Å². The van der Waals surface area contributed by atoms with E-state index in [0.717, 1.165) is 18.2 Å². The molecular formula is C13H13ClF2N2O2. The molecule has 108 valence electrons. The molecule has 0 aliphatic carbocycles. The van der Waals surface area contributed by atoms with Crippen molar-refractivity contribution in [2.24, 2.45) is 0 Å². The third-order valence-corrected chi connectivity index (χ3v) is 3.14. The summed E-state index contributed by atoms with van der Waals surface area (Å²) in [6.45, 7) is 0.690. The highest BCUT2D eigenvalue weighted by Gasteiger charge is 2.23. The van der Waals surface area contributed by atoms with Crippen molar-refractivity contribution in [1.29, 1.82) is 0 Å². The Bertz CT molecular complexity index is 604. The second kappa shape index (κ2) is 6.30. The number of ether oxygens (including phenoxy) is 1. The zero-order valence-electron chi connectivity index (χ0n) is 10.7. The van der Waals surface area contributed by atoms with Gasteiger partial charge in [-0.05, 0) is 18.2 Å². The van der Waals surface area contributed by atoms with Gasteiger partial charge in [-0.2, -0.15) is 5.10 Å². The highest BCUT2D eigenvalue weighted by atomic mass is 35.5. The van der Waals surface area contributed by atoms with Crippen LogP contribution in [0.5, 0.6) is 0 Å². The van der Waals surface area contributed by atoms with Gasteiger partial charge in [-0.3, -0.25) is 4.68 Å². The first kappa shape index (κ1) is 14.9. The quantitative estimate of drug-likeness (QED) is 0.923. The molecule has 1 N–H and O–H groups in total. The Morgan fingerprint density at radius 1 is 1.45 bits per heavy atom. The summed E-state index contributed by atoms with van der Waals surface area (Å²) in [5, 5.41) is 14.4. The molecule has 4 nitrogen and oxygen atoms in total. The zero-order valence-corrected chi connectivity index (χ0v) is 11.4. The molecule has 1 atom stereocenters. The lowest BCUT2D eigenvalue weighted by molar-refractivity contribution is 0.170. The Morgan fingerprint density at radius 2 is 2.20 bits per heavy atom. The standard InChI is InChI=1S/C13H13ClF2N2O2/c1-20-5-4-18-12(10(14)7-17-18)13(19)9-6-8(15)2-3-11(9)16/h2-3,6-7,13,19H,4-5H2,1H3. The molecule has 0 aliphatic heterocycles. The average Bonchev–Trinajstić information content (AvgIpc) is 2.79. The maximum absolute atomic E-state index is 13.7. The number of aliphatic hydroxyl groups excluding tert-OH is 1. The van der Waals surface area contributed by atoms with E-state index in [1.165, 1.54) is 18.0 Å². The van der Waals surface area contributed by atoms with Crippen molar-refractivity contribution in [2.75, 3.05) is 13.7 Å². The molecule has 1 heterocycles. The first-order valence-electron chi connectivity index (χ1n) is 5.87. The van der Waals surface area contributed by atoms with Gasteiger partial charge in [0.15, 0.2) is 0 Å². The van der Waals surface area contributed by atoms with Crippen molar-refractivity contribution in [1.82, 2.24) is 9.78 Å². The van der Waals surface area contributed by atoms with E-state index in [2.05, 4.69) is 5.10 Å². The van der Waals surface area contributed by atoms with E-state index >= 15 is 0 Å². The Hall–Kier alpha value is -1.50. The monoisotopic (exact) mass is 302 g/mol. The molecular weight excluding hydrogens is 290 g/mol. The molecule has 2 rings (SSSR count). The number of hydrogen-bond acceptors (Lipinski definition) is 3. The van der Waals surface area contributed by atoms with Gasteiger partial charge in [-0.25, -0.2) is 8.78 Å². The number of nitrogens with zero attached hydrogens (tertiary/aromatic N) is 2. The predicted molar refractivity (Wildman–Crippen MR) is 69.5 cm³/mol. The van der Waals surface area contributed by atoms with Crippen LogP contribution < -0.4 is 0 Å². The largest absolute Gasteiger partial charge is 0.383 e. The fourth-order valence-electron chi connectivity index (χ4n) is 1.87. The lowest BCUT2D eigenvalue weighted by atomic mass is 10.1. The molecule has 0 spiro atoms. The Labute approximate surface area is 119 Å². The summed E-state index contributed by atoms with van der Waals surface area (Å²) in [7, 11) is 1.52. The highest BCUT2D eigenvalue weighted by molar-refractivity contribution is 6.31. The van der Waals surface area contributed by atoms with Crippen LogP contribution in [0.1, 0.15) is 17.4 Å². The van der Waals surface area contributed by atoms with Gasteiger partial charge in [-0.15, -0.1) is 0 Å². The van der Waals surface area contributed by atoms with Crippen molar-refractivity contribution in [3.05, 3.63) is 52.3 Å². The van der Waals surface area contributed by atoms with Crippen LogP contribution in [0.3, 0.4) is 0 Å². The minimum Gasteiger partial charge on any atom is -0.383 e. The maximum Gasteiger partial charge on any atom is 0.129 e. The normalized spacial score (nSPS) is 12.7. The fraction of sp³-hybridized carbons (Fsp3) is 0.308. The van der Waals surface area contributed by atoms with E-state index < -0.39 is 17.7 Å². The second-order valence-electron chi connectivity index (χ2n) is 4.16. The minimum absolute atomic E-state index is 0.178. The van der Waals surface area contributed by atoms with Gasteiger partial charge in [0, 0.05) is 12.7 Å². The van der Waals surface area contributed by atoms with Crippen LogP contribution >= 0.6 is 11.6 Å². The summed E-state index contributed by atoms with van der Waals surface area (Å²) >= 11 is 5.96. The molecule has 0 bridgehead atoms. The third-order valence-electron chi connectivity index (χ3n) is 2.85. The number of aromatic nitrogens is 2. The lowest BCUT2D eigenvalue weighted by Crippen LogP contribution is -2.14. The molecule has 1 aromatic heterocycles. The predicted octanol–water partition coefficient (Wildman–Crippen LogP) is 2.54. The molecule has 0 saturated carbocycles. The van der Waals surface area contributed by atoms with Gasteiger partial charge in [0.1, 0.15) is 17.7 Å². The lowest BCUT2D eigenvalue weighted by Gasteiger charge is -2.15. The summed E-state index contributed by atoms with van der Waals surface area (Å²) < 4.78 is 33.2. The minimum atomic E-state index is -1.41. The molecule has 0 aliphatic rings. The zero-order chi connectivity index (χ0) is 14.7. The van der Waals surface area contributed by atoms with Crippen molar-refractivity contribution in [2.45, 2.75) is 12.6 Å². The van der Waals surface area contributed by atoms with E-state index in [1.54, 1.807) is 0 Å². The van der Waals surface area contributed by atoms with Crippen LogP contribution in [-0.4, -0.2) is 28.6 Å². The number of hydrogen-bond donors (Lipinski definition) is 1. The maximum atomic E-state index is 13.7. The summed E-state index contributed by atoms with van der Waals surface area (Å²) in [4.78, 5) is 0. The van der Waals surface area contributed by atoms with Crippen molar-refractivity contribution in [3.8, 4) is 0 Å². The third kappa shape index (κ3) is 2.98. The van der Waals surface area contributed by atoms with Gasteiger partial charge in [0.05, 0.1) is 30.1 Å². The number of methoxy groups -OCH3 is 1. The highest BCUT2D eigenvalue weighted by Crippen LogP contribution is 2.30. The van der Waals surface area contributed by atoms with Gasteiger partial charge in [0.2, 0.25) is 0 Å². The summed E-state index contributed by atoms with van der Waals surface area (Å²) in [6.07, 6.45) is -0.0648. The van der Waals surface area contributed by atoms with Crippen molar-refractivity contribution >= 4 is 11.6 Å². The summed E-state index contributed by atoms with van der Waals surface area (Å²) in [6, 6.07) is 2.87. The van der Waals surface area contributed by atoms with E-state index in [9.17, 15) is 13.9 Å². The average molecular weight is 303 g/mol. The molecule has 20 heavy (non-hydrogen) atoms. The topological polar surface area (TPSA) is 47.3 Å². The van der Waals surface area contributed by atoms with Crippen LogP contribution in [0.25, 0.3) is 0 Å². The number of rotatable bonds is 5. The SMILES string of the molecule is COCCn1ncc(Cl)c1C(O)c1cc(F)ccc1F. The number of aliphatic hydroxyl groups is 1. The first-order valence-corrected chi connectivity index (χ1v) is 6.25. The van der Waals surface area contributed by atoms with Crippen LogP contribution in [-0.2, 0) is 11.3 Å². The second-order valence-corrected chi connectivity index (χ2v) is 4.57. The van der Waals surface area contributed by atoms with Gasteiger partial charge >= 0.3 is 0 Å². The van der Waals surface area contributed by atoms with Crippen LogP contribution in [0.4, 0.5) is 8.78 Å². The van der Waals surface area contributed by atoms with Crippen LogP contribution in [0.2, 0.25) is 5.02 Å². The van der Waals surface area contributed by atoms with Crippen molar-refractivity contribution < 1.29 is 18.6 Å². The summed E-state index contributed by atoms with van der Waals surface area (Å²) in [5.41, 5.74) is 0.0132. The molecule has 0 radical (unpaired) electrons. The molecule has 1 unspecified atom stereocenters. The van der Waals surface area contributed by atoms with Gasteiger partial charge in [0.25, 0.3) is 0 Å². The Balaban J connectivity index is 2.39. The number of benzene rings is 1.